The van der Waals surface area contributed by atoms with E-state index in [1.165, 1.54) is 12.1 Å². The van der Waals surface area contributed by atoms with E-state index in [-0.39, 0.29) is 10.5 Å². The van der Waals surface area contributed by atoms with Gasteiger partial charge < -0.3 is 9.47 Å². The van der Waals surface area contributed by atoms with Crippen molar-refractivity contribution in [1.29, 1.82) is 0 Å². The average Bonchev–Trinajstić information content (AvgIpc) is 2.68. The molecule has 2 aromatic rings. The zero-order valence-corrected chi connectivity index (χ0v) is 17.8. The van der Waals surface area contributed by atoms with Gasteiger partial charge in [0.2, 0.25) is 0 Å². The van der Waals surface area contributed by atoms with Gasteiger partial charge >= 0.3 is 0 Å². The van der Waals surface area contributed by atoms with Crippen LogP contribution in [0.1, 0.15) is 15.9 Å². The van der Waals surface area contributed by atoms with Gasteiger partial charge in [-0.1, -0.05) is 22.0 Å². The summed E-state index contributed by atoms with van der Waals surface area (Å²) >= 11 is 3.23. The van der Waals surface area contributed by atoms with E-state index < -0.39 is 15.9 Å². The molecule has 3 rings (SSSR count). The van der Waals surface area contributed by atoms with E-state index in [0.717, 1.165) is 18.7 Å². The highest BCUT2D eigenvalue weighted by Crippen LogP contribution is 2.23. The van der Waals surface area contributed by atoms with Gasteiger partial charge in [-0.15, -0.1) is 0 Å². The van der Waals surface area contributed by atoms with Gasteiger partial charge in [0.15, 0.2) is 0 Å². The molecule has 0 radical (unpaired) electrons. The van der Waals surface area contributed by atoms with Crippen molar-refractivity contribution in [2.45, 2.75) is 11.4 Å². The lowest BCUT2D eigenvalue weighted by molar-refractivity contribution is 0.0338. The zero-order chi connectivity index (χ0) is 20.1. The third-order valence-corrected chi connectivity index (χ3v) is 6.20. The van der Waals surface area contributed by atoms with Crippen molar-refractivity contribution in [2.24, 2.45) is 0 Å². The summed E-state index contributed by atoms with van der Waals surface area (Å²) in [4.78, 5) is 14.8. The number of carbonyl (C=O) groups is 1. The Balaban J connectivity index is 1.80. The van der Waals surface area contributed by atoms with Gasteiger partial charge in [0, 0.05) is 35.2 Å². The van der Waals surface area contributed by atoms with Crippen LogP contribution in [0.25, 0.3) is 0 Å². The van der Waals surface area contributed by atoms with Crippen LogP contribution >= 0.6 is 15.9 Å². The topological polar surface area (TPSA) is 84.9 Å². The second-order valence-corrected chi connectivity index (χ2v) is 8.91. The molecule has 28 heavy (non-hydrogen) atoms. The van der Waals surface area contributed by atoms with Gasteiger partial charge in [-0.3, -0.25) is 9.69 Å². The second kappa shape index (κ2) is 9.04. The smallest absolute Gasteiger partial charge is 0.265 e. The van der Waals surface area contributed by atoms with Crippen LogP contribution in [0.2, 0.25) is 0 Å². The molecule has 9 heteroatoms. The fourth-order valence-electron chi connectivity index (χ4n) is 2.92. The van der Waals surface area contributed by atoms with Crippen LogP contribution in [0.15, 0.2) is 51.8 Å². The van der Waals surface area contributed by atoms with Crippen molar-refractivity contribution < 1.29 is 22.7 Å². The second-order valence-electron chi connectivity index (χ2n) is 6.31. The van der Waals surface area contributed by atoms with Crippen LogP contribution in [0.5, 0.6) is 5.75 Å². The lowest BCUT2D eigenvalue weighted by Crippen LogP contribution is -2.36. The first-order valence-electron chi connectivity index (χ1n) is 8.69. The number of amides is 1. The molecule has 2 aromatic carbocycles. The predicted molar refractivity (Wildman–Crippen MR) is 108 cm³/mol. The first kappa shape index (κ1) is 20.8. The summed E-state index contributed by atoms with van der Waals surface area (Å²) < 4.78 is 38.5. The van der Waals surface area contributed by atoms with Crippen LogP contribution in [0.3, 0.4) is 0 Å². The average molecular weight is 469 g/mol. The van der Waals surface area contributed by atoms with Gasteiger partial charge in [0.1, 0.15) is 5.75 Å². The number of methoxy groups -OCH3 is 1. The Kier molecular flexibility index (Phi) is 6.71. The minimum Gasteiger partial charge on any atom is -0.496 e. The van der Waals surface area contributed by atoms with Crippen molar-refractivity contribution in [3.05, 3.63) is 58.1 Å². The minimum atomic E-state index is -3.97. The number of hydrogen-bond acceptors (Lipinski definition) is 6. The summed E-state index contributed by atoms with van der Waals surface area (Å²) in [5, 5.41) is 0. The maximum Gasteiger partial charge on any atom is 0.265 e. The molecular weight excluding hydrogens is 448 g/mol. The van der Waals surface area contributed by atoms with Gasteiger partial charge in [-0.25, -0.2) is 13.1 Å². The number of ether oxygens (including phenoxy) is 2. The molecule has 1 N–H and O–H groups in total. The lowest BCUT2D eigenvalue weighted by atomic mass is 10.1. The van der Waals surface area contributed by atoms with Crippen molar-refractivity contribution in [2.75, 3.05) is 33.4 Å². The summed E-state index contributed by atoms with van der Waals surface area (Å²) in [7, 11) is -2.41. The fraction of sp³-hybridized carbons (Fsp3) is 0.316. The summed E-state index contributed by atoms with van der Waals surface area (Å²) in [5.74, 6) is -0.0382. The van der Waals surface area contributed by atoms with E-state index in [4.69, 9.17) is 9.47 Å². The van der Waals surface area contributed by atoms with Crippen molar-refractivity contribution in [3.63, 3.8) is 0 Å². The van der Waals surface area contributed by atoms with Gasteiger partial charge in [0.25, 0.3) is 15.9 Å². The number of halogens is 1. The monoisotopic (exact) mass is 468 g/mol. The van der Waals surface area contributed by atoms with Crippen LogP contribution in [-0.4, -0.2) is 52.6 Å². The number of benzene rings is 2. The standard InChI is InChI=1S/C19H21BrN2O5S/c1-26-18-6-5-14(11-15(18)13-22-7-9-27-10-8-22)19(23)21-28(24,25)17-4-2-3-16(20)12-17/h2-6,11-12H,7-10,13H2,1H3,(H,21,23). The molecular formula is C19H21BrN2O5S. The number of morpholine rings is 1. The van der Waals surface area contributed by atoms with Crippen molar-refractivity contribution in [3.8, 4) is 5.75 Å². The van der Waals surface area contributed by atoms with Crippen LogP contribution in [-0.2, 0) is 21.3 Å². The molecule has 0 unspecified atom stereocenters. The first-order valence-corrected chi connectivity index (χ1v) is 11.0. The highest BCUT2D eigenvalue weighted by molar-refractivity contribution is 9.10. The van der Waals surface area contributed by atoms with E-state index >= 15 is 0 Å². The first-order chi connectivity index (χ1) is 13.4. The Bertz CT molecular complexity index is 959. The van der Waals surface area contributed by atoms with Crippen LogP contribution in [0, 0.1) is 0 Å². The highest BCUT2D eigenvalue weighted by atomic mass is 79.9. The quantitative estimate of drug-likeness (QED) is 0.700. The van der Waals surface area contributed by atoms with Crippen LogP contribution < -0.4 is 9.46 Å². The molecule has 1 amide bonds. The Hall–Kier alpha value is -1.94. The molecule has 1 heterocycles. The number of nitrogens with one attached hydrogen (secondary N) is 1. The molecule has 1 aliphatic heterocycles. The van der Waals surface area contributed by atoms with Gasteiger partial charge in [-0.2, -0.15) is 0 Å². The highest BCUT2D eigenvalue weighted by Gasteiger charge is 2.21. The molecule has 0 spiro atoms. The molecule has 0 aliphatic carbocycles. The van der Waals surface area contributed by atoms with E-state index in [0.29, 0.717) is 30.0 Å². The zero-order valence-electron chi connectivity index (χ0n) is 15.4. The summed E-state index contributed by atoms with van der Waals surface area (Å²) in [6.07, 6.45) is 0. The molecule has 0 saturated carbocycles. The lowest BCUT2D eigenvalue weighted by Gasteiger charge is -2.27. The van der Waals surface area contributed by atoms with Gasteiger partial charge in [0.05, 0.1) is 25.2 Å². The Morgan fingerprint density at radius 1 is 1.21 bits per heavy atom. The van der Waals surface area contributed by atoms with Crippen molar-refractivity contribution >= 4 is 31.9 Å². The molecule has 1 saturated heterocycles. The Morgan fingerprint density at radius 3 is 2.64 bits per heavy atom. The Labute approximate surface area is 172 Å². The Morgan fingerprint density at radius 2 is 1.96 bits per heavy atom. The molecule has 1 aliphatic rings. The third-order valence-electron chi connectivity index (χ3n) is 4.37. The summed E-state index contributed by atoms with van der Waals surface area (Å²) in [6.45, 7) is 3.49. The number of carbonyl (C=O) groups excluding carboxylic acids is 1. The van der Waals surface area contributed by atoms with E-state index in [2.05, 4.69) is 25.6 Å². The molecule has 0 bridgehead atoms. The molecule has 150 valence electrons. The molecule has 0 aromatic heterocycles. The molecule has 0 atom stereocenters. The maximum atomic E-state index is 12.6. The third kappa shape index (κ3) is 5.11. The number of nitrogens with zero attached hydrogens (tertiary/aromatic N) is 1. The van der Waals surface area contributed by atoms with Crippen LogP contribution in [0.4, 0.5) is 0 Å². The normalized spacial score (nSPS) is 15.2. The van der Waals surface area contributed by atoms with E-state index in [1.807, 2.05) is 0 Å². The minimum absolute atomic E-state index is 0.0114. The number of hydrogen-bond donors (Lipinski definition) is 1. The SMILES string of the molecule is COc1ccc(C(=O)NS(=O)(=O)c2cccc(Br)c2)cc1CN1CCOCC1. The van der Waals surface area contributed by atoms with E-state index in [1.54, 1.807) is 37.4 Å². The number of rotatable bonds is 6. The molecule has 7 nitrogen and oxygen atoms in total. The van der Waals surface area contributed by atoms with E-state index in [9.17, 15) is 13.2 Å². The fourth-order valence-corrected chi connectivity index (χ4v) is 4.49. The predicted octanol–water partition coefficient (Wildman–Crippen LogP) is 2.41. The summed E-state index contributed by atoms with van der Waals surface area (Å²) in [6, 6.07) is 11.1. The van der Waals surface area contributed by atoms with Crippen molar-refractivity contribution in [1.82, 2.24) is 9.62 Å². The maximum absolute atomic E-state index is 12.6. The largest absolute Gasteiger partial charge is 0.496 e. The number of sulfonamides is 1. The van der Waals surface area contributed by atoms with Gasteiger partial charge in [-0.05, 0) is 36.4 Å². The molecule has 1 fully saturated rings. The summed E-state index contributed by atoms with van der Waals surface area (Å²) in [5.41, 5.74) is 1.07.